The summed E-state index contributed by atoms with van der Waals surface area (Å²) in [5.41, 5.74) is 1.54. The van der Waals surface area contributed by atoms with Crippen molar-refractivity contribution in [1.29, 1.82) is 0 Å². The number of benzene rings is 1. The van der Waals surface area contributed by atoms with Gasteiger partial charge in [-0.15, -0.1) is 0 Å². The summed E-state index contributed by atoms with van der Waals surface area (Å²) in [5, 5.41) is 0. The van der Waals surface area contributed by atoms with E-state index < -0.39 is 0 Å². The topological polar surface area (TPSA) is 52.3 Å². The normalized spacial score (nSPS) is 15.6. The Bertz CT molecular complexity index is 570. The molecular formula is C15H15NO3. The van der Waals surface area contributed by atoms with Gasteiger partial charge in [-0.05, 0) is 36.5 Å². The molecule has 1 aromatic heterocycles. The molecule has 0 radical (unpaired) electrons. The minimum atomic E-state index is 0.102. The van der Waals surface area contributed by atoms with Crippen LogP contribution in [-0.4, -0.2) is 11.3 Å². The molecule has 0 saturated heterocycles. The molecule has 1 saturated carbocycles. The van der Waals surface area contributed by atoms with Crippen LogP contribution in [0.25, 0.3) is 0 Å². The summed E-state index contributed by atoms with van der Waals surface area (Å²) >= 11 is 0. The lowest BCUT2D eigenvalue weighted by Gasteiger charge is -2.10. The van der Waals surface area contributed by atoms with E-state index in [9.17, 15) is 4.79 Å². The molecule has 1 aromatic carbocycles. The number of ether oxygens (including phenoxy) is 1. The summed E-state index contributed by atoms with van der Waals surface area (Å²) in [5.74, 6) is 1.34. The average Bonchev–Trinajstić information content (AvgIpc) is 3.10. The molecule has 0 bridgehead atoms. The number of carbonyl (C=O) groups excluding carboxylic acids is 1. The van der Waals surface area contributed by atoms with Crippen LogP contribution < -0.4 is 4.74 Å². The molecule has 0 N–H and O–H groups in total. The zero-order valence-electron chi connectivity index (χ0n) is 10.5. The number of oxazole rings is 1. The summed E-state index contributed by atoms with van der Waals surface area (Å²) in [6.45, 7) is 0. The molecule has 2 aromatic rings. The number of hydrogen-bond donors (Lipinski definition) is 0. The molecule has 0 aliphatic heterocycles. The van der Waals surface area contributed by atoms with Crippen LogP contribution in [0, 0.1) is 0 Å². The zero-order chi connectivity index (χ0) is 13.1. The molecule has 1 heterocycles. The van der Waals surface area contributed by atoms with Gasteiger partial charge in [0.05, 0.1) is 0 Å². The molecule has 0 amide bonds. The van der Waals surface area contributed by atoms with Crippen LogP contribution in [0.2, 0.25) is 0 Å². The second-order valence-corrected chi connectivity index (χ2v) is 4.81. The Balaban J connectivity index is 1.77. The Morgan fingerprint density at radius 3 is 2.89 bits per heavy atom. The third kappa shape index (κ3) is 2.67. The molecule has 0 unspecified atom stereocenters. The molecule has 1 aliphatic carbocycles. The van der Waals surface area contributed by atoms with Crippen LogP contribution >= 0.6 is 0 Å². The highest BCUT2D eigenvalue weighted by Crippen LogP contribution is 2.35. The van der Waals surface area contributed by atoms with Gasteiger partial charge in [0.25, 0.3) is 0 Å². The Morgan fingerprint density at radius 2 is 2.16 bits per heavy atom. The molecule has 19 heavy (non-hydrogen) atoms. The van der Waals surface area contributed by atoms with E-state index in [-0.39, 0.29) is 11.8 Å². The van der Waals surface area contributed by atoms with Crippen molar-refractivity contribution >= 4 is 6.29 Å². The number of nitrogens with zero attached hydrogens (tertiary/aromatic N) is 1. The number of aromatic nitrogens is 1. The molecule has 98 valence electrons. The van der Waals surface area contributed by atoms with Gasteiger partial charge in [-0.25, -0.2) is 0 Å². The summed E-state index contributed by atoms with van der Waals surface area (Å²) in [6.07, 6.45) is 7.12. The molecule has 4 nitrogen and oxygen atoms in total. The Hall–Kier alpha value is -2.10. The minimum absolute atomic E-state index is 0.102. The van der Waals surface area contributed by atoms with Crippen LogP contribution in [0.1, 0.15) is 47.7 Å². The van der Waals surface area contributed by atoms with Crippen molar-refractivity contribution in [2.45, 2.75) is 31.6 Å². The SMILES string of the molecule is O=Cc1coc(Oc2cccc(C3CCCC3)c2)n1. The van der Waals surface area contributed by atoms with E-state index >= 15 is 0 Å². The lowest BCUT2D eigenvalue weighted by atomic mass is 9.98. The second kappa shape index (κ2) is 5.26. The Labute approximate surface area is 111 Å². The van der Waals surface area contributed by atoms with Crippen LogP contribution in [0.15, 0.2) is 34.9 Å². The number of carbonyl (C=O) groups is 1. The van der Waals surface area contributed by atoms with E-state index in [1.54, 1.807) is 0 Å². The third-order valence-electron chi connectivity index (χ3n) is 3.51. The van der Waals surface area contributed by atoms with Crippen molar-refractivity contribution in [2.75, 3.05) is 0 Å². The summed E-state index contributed by atoms with van der Waals surface area (Å²) in [7, 11) is 0. The van der Waals surface area contributed by atoms with E-state index in [0.29, 0.717) is 18.0 Å². The fourth-order valence-electron chi connectivity index (χ4n) is 2.56. The van der Waals surface area contributed by atoms with Crippen LogP contribution in [0.3, 0.4) is 0 Å². The molecule has 0 spiro atoms. The summed E-state index contributed by atoms with van der Waals surface area (Å²) < 4.78 is 10.6. The predicted molar refractivity (Wildman–Crippen MR) is 69.6 cm³/mol. The molecule has 1 aliphatic rings. The molecule has 1 fully saturated rings. The maximum absolute atomic E-state index is 10.5. The zero-order valence-corrected chi connectivity index (χ0v) is 10.5. The van der Waals surface area contributed by atoms with Crippen molar-refractivity contribution in [1.82, 2.24) is 4.98 Å². The largest absolute Gasteiger partial charge is 0.416 e. The quantitative estimate of drug-likeness (QED) is 0.778. The predicted octanol–water partition coefficient (Wildman–Crippen LogP) is 3.94. The maximum atomic E-state index is 10.5. The van der Waals surface area contributed by atoms with Crippen molar-refractivity contribution in [3.63, 3.8) is 0 Å². The second-order valence-electron chi connectivity index (χ2n) is 4.81. The number of rotatable bonds is 4. The van der Waals surface area contributed by atoms with Crippen molar-refractivity contribution in [2.24, 2.45) is 0 Å². The molecule has 4 heteroatoms. The number of aldehydes is 1. The highest BCUT2D eigenvalue weighted by Gasteiger charge is 2.17. The van der Waals surface area contributed by atoms with E-state index in [0.717, 1.165) is 0 Å². The van der Waals surface area contributed by atoms with Gasteiger partial charge in [0.2, 0.25) is 0 Å². The Kier molecular flexibility index (Phi) is 3.31. The standard InChI is InChI=1S/C15H15NO3/c17-9-13-10-18-15(16-13)19-14-7-3-6-12(8-14)11-4-1-2-5-11/h3,6-11H,1-2,4-5H2. The van der Waals surface area contributed by atoms with Gasteiger partial charge in [0.1, 0.15) is 17.7 Å². The van der Waals surface area contributed by atoms with E-state index in [1.165, 1.54) is 37.5 Å². The first-order chi connectivity index (χ1) is 9.35. The monoisotopic (exact) mass is 257 g/mol. The van der Waals surface area contributed by atoms with Crippen molar-refractivity contribution in [3.8, 4) is 11.8 Å². The van der Waals surface area contributed by atoms with Gasteiger partial charge < -0.3 is 9.15 Å². The van der Waals surface area contributed by atoms with E-state index in [2.05, 4.69) is 11.1 Å². The highest BCUT2D eigenvalue weighted by molar-refractivity contribution is 5.70. The fraction of sp³-hybridized carbons (Fsp3) is 0.333. The van der Waals surface area contributed by atoms with Gasteiger partial charge in [-0.1, -0.05) is 25.0 Å². The third-order valence-corrected chi connectivity index (χ3v) is 3.51. The first kappa shape index (κ1) is 12.0. The Morgan fingerprint density at radius 1 is 1.32 bits per heavy atom. The van der Waals surface area contributed by atoms with Gasteiger partial charge in [0.15, 0.2) is 6.29 Å². The van der Waals surface area contributed by atoms with Crippen LogP contribution in [0.5, 0.6) is 11.8 Å². The smallest absolute Gasteiger partial charge is 0.399 e. The van der Waals surface area contributed by atoms with Gasteiger partial charge in [-0.2, -0.15) is 4.98 Å². The molecular weight excluding hydrogens is 242 g/mol. The first-order valence-electron chi connectivity index (χ1n) is 6.53. The van der Waals surface area contributed by atoms with E-state index in [1.807, 2.05) is 18.2 Å². The maximum Gasteiger partial charge on any atom is 0.399 e. The summed E-state index contributed by atoms with van der Waals surface area (Å²) in [6, 6.07) is 8.01. The van der Waals surface area contributed by atoms with Gasteiger partial charge in [-0.3, -0.25) is 4.79 Å². The fourth-order valence-corrected chi connectivity index (χ4v) is 2.56. The lowest BCUT2D eigenvalue weighted by Crippen LogP contribution is -1.93. The number of hydrogen-bond acceptors (Lipinski definition) is 4. The highest BCUT2D eigenvalue weighted by atomic mass is 16.6. The average molecular weight is 257 g/mol. The van der Waals surface area contributed by atoms with Crippen molar-refractivity contribution in [3.05, 3.63) is 41.8 Å². The minimum Gasteiger partial charge on any atom is -0.416 e. The van der Waals surface area contributed by atoms with Crippen molar-refractivity contribution < 1.29 is 13.9 Å². The van der Waals surface area contributed by atoms with Gasteiger partial charge >= 0.3 is 6.08 Å². The summed E-state index contributed by atoms with van der Waals surface area (Å²) in [4.78, 5) is 14.4. The lowest BCUT2D eigenvalue weighted by molar-refractivity contribution is 0.111. The first-order valence-corrected chi connectivity index (χ1v) is 6.53. The van der Waals surface area contributed by atoms with Crippen LogP contribution in [0.4, 0.5) is 0 Å². The molecule has 0 atom stereocenters. The molecule has 3 rings (SSSR count). The van der Waals surface area contributed by atoms with Gasteiger partial charge in [0, 0.05) is 0 Å². The van der Waals surface area contributed by atoms with E-state index in [4.69, 9.17) is 9.15 Å². The van der Waals surface area contributed by atoms with Crippen LogP contribution in [-0.2, 0) is 0 Å².